The molecule has 0 bridgehead atoms. The van der Waals surface area contributed by atoms with Crippen LogP contribution < -0.4 is 0 Å². The third-order valence-electron chi connectivity index (χ3n) is 3.13. The summed E-state index contributed by atoms with van der Waals surface area (Å²) in [5, 5.41) is 0. The average Bonchev–Trinajstić information content (AvgIpc) is 2.37. The monoisotopic (exact) mass is 316 g/mol. The van der Waals surface area contributed by atoms with Gasteiger partial charge in [0.05, 0.1) is 6.16 Å². The highest BCUT2D eigenvalue weighted by atomic mass is 31.2. The molecule has 0 fully saturated rings. The Labute approximate surface area is 126 Å². The van der Waals surface area contributed by atoms with Crippen molar-refractivity contribution in [2.24, 2.45) is 0 Å². The normalized spacial score (nSPS) is 11.8. The van der Waals surface area contributed by atoms with Gasteiger partial charge in [-0.05, 0) is 42.4 Å². The van der Waals surface area contributed by atoms with Gasteiger partial charge in [-0.2, -0.15) is 0 Å². The SMILES string of the molecule is COCCCc1cc(CCCOC)cc(CP(=O)(O)O)c1. The summed E-state index contributed by atoms with van der Waals surface area (Å²) in [5.41, 5.74) is 2.90. The van der Waals surface area contributed by atoms with Crippen molar-refractivity contribution in [2.75, 3.05) is 27.4 Å². The van der Waals surface area contributed by atoms with Crippen LogP contribution in [0.4, 0.5) is 0 Å². The lowest BCUT2D eigenvalue weighted by Gasteiger charge is -2.11. The number of benzene rings is 1. The Morgan fingerprint density at radius 3 is 1.71 bits per heavy atom. The van der Waals surface area contributed by atoms with Gasteiger partial charge in [-0.15, -0.1) is 0 Å². The molecule has 0 heterocycles. The predicted octanol–water partition coefficient (Wildman–Crippen LogP) is 2.52. The minimum atomic E-state index is -4.04. The van der Waals surface area contributed by atoms with Crippen molar-refractivity contribution in [1.29, 1.82) is 0 Å². The molecule has 120 valence electrons. The molecule has 21 heavy (non-hydrogen) atoms. The third kappa shape index (κ3) is 8.34. The zero-order valence-corrected chi connectivity index (χ0v) is 13.6. The van der Waals surface area contributed by atoms with E-state index in [-0.39, 0.29) is 6.16 Å². The molecule has 0 saturated carbocycles. The second kappa shape index (κ2) is 9.34. The van der Waals surface area contributed by atoms with Gasteiger partial charge < -0.3 is 19.3 Å². The van der Waals surface area contributed by atoms with Crippen molar-refractivity contribution in [3.8, 4) is 0 Å². The first-order chi connectivity index (χ1) is 9.94. The first kappa shape index (κ1) is 18.3. The Hall–Kier alpha value is -0.710. The Bertz CT molecular complexity index is 441. The standard InChI is InChI=1S/C15H25O5P/c1-19-7-3-5-13-9-14(6-4-8-20-2)11-15(10-13)12-21(16,17)18/h9-11H,3-8,12H2,1-2H3,(H2,16,17,18). The predicted molar refractivity (Wildman–Crippen MR) is 82.6 cm³/mol. The Kier molecular flexibility index (Phi) is 8.15. The number of hydrogen-bond donors (Lipinski definition) is 2. The van der Waals surface area contributed by atoms with Crippen LogP contribution in [-0.2, 0) is 33.0 Å². The van der Waals surface area contributed by atoms with E-state index in [4.69, 9.17) is 19.3 Å². The summed E-state index contributed by atoms with van der Waals surface area (Å²) in [4.78, 5) is 18.3. The molecule has 6 heteroatoms. The summed E-state index contributed by atoms with van der Waals surface area (Å²) in [5.74, 6) is 0. The minimum Gasteiger partial charge on any atom is -0.385 e. The van der Waals surface area contributed by atoms with E-state index in [2.05, 4.69) is 6.07 Å². The Morgan fingerprint density at radius 1 is 0.905 bits per heavy atom. The quantitative estimate of drug-likeness (QED) is 0.512. The second-order valence-corrected chi connectivity index (χ2v) is 6.82. The highest BCUT2D eigenvalue weighted by Crippen LogP contribution is 2.39. The number of hydrogen-bond acceptors (Lipinski definition) is 3. The van der Waals surface area contributed by atoms with Crippen molar-refractivity contribution in [3.05, 3.63) is 34.9 Å². The molecule has 0 saturated heterocycles. The van der Waals surface area contributed by atoms with Gasteiger partial charge in [-0.25, -0.2) is 0 Å². The van der Waals surface area contributed by atoms with E-state index in [0.717, 1.165) is 36.8 Å². The van der Waals surface area contributed by atoms with E-state index < -0.39 is 7.60 Å². The molecule has 0 atom stereocenters. The van der Waals surface area contributed by atoms with Crippen molar-refractivity contribution in [2.45, 2.75) is 31.8 Å². The van der Waals surface area contributed by atoms with Gasteiger partial charge >= 0.3 is 7.60 Å². The van der Waals surface area contributed by atoms with Crippen LogP contribution in [0, 0.1) is 0 Å². The van der Waals surface area contributed by atoms with Crippen molar-refractivity contribution < 1.29 is 23.8 Å². The fraction of sp³-hybridized carbons (Fsp3) is 0.600. The van der Waals surface area contributed by atoms with Crippen LogP contribution in [0.1, 0.15) is 29.5 Å². The van der Waals surface area contributed by atoms with Crippen molar-refractivity contribution in [3.63, 3.8) is 0 Å². The molecule has 2 N–H and O–H groups in total. The number of methoxy groups -OCH3 is 2. The van der Waals surface area contributed by atoms with Gasteiger partial charge in [0.1, 0.15) is 0 Å². The van der Waals surface area contributed by atoms with Crippen LogP contribution >= 0.6 is 7.60 Å². The summed E-state index contributed by atoms with van der Waals surface area (Å²) in [6.07, 6.45) is 3.28. The molecular formula is C15H25O5P. The van der Waals surface area contributed by atoms with Crippen LogP contribution in [0.5, 0.6) is 0 Å². The molecule has 5 nitrogen and oxygen atoms in total. The van der Waals surface area contributed by atoms with Gasteiger partial charge in [-0.1, -0.05) is 18.2 Å². The number of rotatable bonds is 10. The van der Waals surface area contributed by atoms with Gasteiger partial charge in [0.15, 0.2) is 0 Å². The van der Waals surface area contributed by atoms with E-state index in [1.807, 2.05) is 12.1 Å². The second-order valence-electron chi connectivity index (χ2n) is 5.17. The maximum Gasteiger partial charge on any atom is 0.329 e. The number of aryl methyl sites for hydroxylation is 2. The van der Waals surface area contributed by atoms with Crippen LogP contribution in [0.25, 0.3) is 0 Å². The van der Waals surface area contributed by atoms with Gasteiger partial charge in [0.25, 0.3) is 0 Å². The number of ether oxygens (including phenoxy) is 2. The van der Waals surface area contributed by atoms with Crippen LogP contribution in [-0.4, -0.2) is 37.2 Å². The molecule has 1 rings (SSSR count). The van der Waals surface area contributed by atoms with E-state index in [0.29, 0.717) is 18.8 Å². The maximum atomic E-state index is 11.2. The molecule has 0 spiro atoms. The summed E-state index contributed by atoms with van der Waals surface area (Å²) in [6.45, 7) is 1.36. The van der Waals surface area contributed by atoms with Crippen LogP contribution in [0.3, 0.4) is 0 Å². The maximum absolute atomic E-state index is 11.2. The Balaban J connectivity index is 2.82. The summed E-state index contributed by atoms with van der Waals surface area (Å²) >= 11 is 0. The summed E-state index contributed by atoms with van der Waals surface area (Å²) < 4.78 is 21.3. The lowest BCUT2D eigenvalue weighted by atomic mass is 10.0. The van der Waals surface area contributed by atoms with Crippen LogP contribution in [0.2, 0.25) is 0 Å². The smallest absolute Gasteiger partial charge is 0.329 e. The molecule has 0 amide bonds. The summed E-state index contributed by atoms with van der Waals surface area (Å²) in [6, 6.07) is 5.87. The van der Waals surface area contributed by atoms with E-state index in [1.54, 1.807) is 14.2 Å². The van der Waals surface area contributed by atoms with Crippen LogP contribution in [0.15, 0.2) is 18.2 Å². The molecule has 1 aromatic carbocycles. The molecule has 0 unspecified atom stereocenters. The molecule has 0 aliphatic rings. The fourth-order valence-corrected chi connectivity index (χ4v) is 2.96. The zero-order valence-electron chi connectivity index (χ0n) is 12.7. The first-order valence-electron chi connectivity index (χ1n) is 7.09. The Morgan fingerprint density at radius 2 is 1.33 bits per heavy atom. The lowest BCUT2D eigenvalue weighted by molar-refractivity contribution is 0.195. The molecule has 1 aromatic rings. The largest absolute Gasteiger partial charge is 0.385 e. The third-order valence-corrected chi connectivity index (χ3v) is 3.91. The highest BCUT2D eigenvalue weighted by molar-refractivity contribution is 7.50. The molecule has 0 aliphatic heterocycles. The molecule has 0 radical (unpaired) electrons. The highest BCUT2D eigenvalue weighted by Gasteiger charge is 2.15. The first-order valence-corrected chi connectivity index (χ1v) is 8.88. The van der Waals surface area contributed by atoms with Gasteiger partial charge in [0, 0.05) is 27.4 Å². The van der Waals surface area contributed by atoms with Gasteiger partial charge in [-0.3, -0.25) is 4.57 Å². The zero-order chi connectivity index (χ0) is 15.7. The van der Waals surface area contributed by atoms with Crippen molar-refractivity contribution in [1.82, 2.24) is 0 Å². The molecular weight excluding hydrogens is 291 g/mol. The van der Waals surface area contributed by atoms with E-state index in [9.17, 15) is 4.57 Å². The van der Waals surface area contributed by atoms with Gasteiger partial charge in [0.2, 0.25) is 0 Å². The molecule has 0 aliphatic carbocycles. The molecule has 0 aromatic heterocycles. The average molecular weight is 316 g/mol. The lowest BCUT2D eigenvalue weighted by Crippen LogP contribution is -1.99. The minimum absolute atomic E-state index is 0.206. The van der Waals surface area contributed by atoms with E-state index >= 15 is 0 Å². The van der Waals surface area contributed by atoms with Crippen molar-refractivity contribution >= 4 is 7.60 Å². The topological polar surface area (TPSA) is 76.0 Å². The van der Waals surface area contributed by atoms with E-state index in [1.165, 1.54) is 0 Å². The fourth-order valence-electron chi connectivity index (χ4n) is 2.30. The summed E-state index contributed by atoms with van der Waals surface area (Å²) in [7, 11) is -0.706.